The number of fused-ring (bicyclic) bond motifs is 1. The van der Waals surface area contributed by atoms with Crippen molar-refractivity contribution < 1.29 is 4.42 Å². The first-order valence-corrected chi connectivity index (χ1v) is 6.80. The molecule has 1 saturated carbocycles. The molecule has 0 radical (unpaired) electrons. The summed E-state index contributed by atoms with van der Waals surface area (Å²) in [6.07, 6.45) is 4.71. The van der Waals surface area contributed by atoms with Crippen molar-refractivity contribution in [1.29, 1.82) is 0 Å². The Morgan fingerprint density at radius 2 is 2.00 bits per heavy atom. The monoisotopic (exact) mass is 287 g/mol. The fourth-order valence-corrected chi connectivity index (χ4v) is 2.53. The van der Waals surface area contributed by atoms with Gasteiger partial charge in [-0.15, -0.1) is 0 Å². The number of hydrogen-bond donors (Lipinski definition) is 2. The molecule has 0 spiro atoms. The number of nitrogens with one attached hydrogen (secondary N) is 2. The molecule has 1 fully saturated rings. The van der Waals surface area contributed by atoms with Gasteiger partial charge in [0, 0.05) is 0 Å². The molecular weight excluding hydrogens is 274 g/mol. The first-order chi connectivity index (χ1) is 10.1. The molecule has 108 valence electrons. The molecule has 2 aromatic rings. The van der Waals surface area contributed by atoms with Crippen molar-refractivity contribution in [1.82, 2.24) is 9.97 Å². The Labute approximate surface area is 118 Å². The van der Waals surface area contributed by atoms with Crippen LogP contribution >= 0.6 is 0 Å². The molecule has 2 heterocycles. The topological polar surface area (TPSA) is 100 Å². The molecule has 21 heavy (non-hydrogen) atoms. The lowest BCUT2D eigenvalue weighted by Crippen LogP contribution is -2.24. The number of rotatable bonds is 4. The Balaban J connectivity index is 2.17. The first kappa shape index (κ1) is 13.4. The van der Waals surface area contributed by atoms with E-state index in [0.717, 1.165) is 18.8 Å². The zero-order valence-electron chi connectivity index (χ0n) is 11.2. The Morgan fingerprint density at radius 3 is 2.67 bits per heavy atom. The third-order valence-electron chi connectivity index (χ3n) is 3.73. The number of aromatic amines is 2. The van der Waals surface area contributed by atoms with E-state index in [9.17, 15) is 14.4 Å². The summed E-state index contributed by atoms with van der Waals surface area (Å²) in [4.78, 5) is 42.6. The van der Waals surface area contributed by atoms with Crippen LogP contribution in [-0.2, 0) is 6.42 Å². The predicted octanol–water partition coefficient (Wildman–Crippen LogP) is 1.45. The van der Waals surface area contributed by atoms with Gasteiger partial charge < -0.3 is 4.42 Å². The molecule has 0 atom stereocenters. The van der Waals surface area contributed by atoms with Gasteiger partial charge >= 0.3 is 11.3 Å². The minimum atomic E-state index is -0.819. The van der Waals surface area contributed by atoms with Crippen molar-refractivity contribution in [2.45, 2.75) is 32.1 Å². The number of aromatic nitrogens is 2. The van der Waals surface area contributed by atoms with E-state index in [0.29, 0.717) is 12.0 Å². The molecule has 7 heteroatoms. The lowest BCUT2D eigenvalue weighted by atomic mass is 10.0. The second kappa shape index (κ2) is 5.05. The Hall–Kier alpha value is -2.62. The third-order valence-corrected chi connectivity index (χ3v) is 3.73. The highest BCUT2D eigenvalue weighted by Gasteiger charge is 2.22. The maximum Gasteiger partial charge on any atom is 0.343 e. The molecule has 0 aromatic carbocycles. The molecule has 2 N–H and O–H groups in total. The summed E-state index contributed by atoms with van der Waals surface area (Å²) in [5.41, 5.74) is -2.16. The summed E-state index contributed by atoms with van der Waals surface area (Å²) in [6, 6.07) is 0. The van der Waals surface area contributed by atoms with Gasteiger partial charge in [-0.1, -0.05) is 25.7 Å². The van der Waals surface area contributed by atoms with Crippen LogP contribution in [0.3, 0.4) is 0 Å². The smallest absolute Gasteiger partial charge is 0.343 e. The largest absolute Gasteiger partial charge is 0.413 e. The van der Waals surface area contributed by atoms with Crippen molar-refractivity contribution in [2.24, 2.45) is 5.92 Å². The number of H-pyrrole nitrogens is 2. The molecule has 1 aliphatic rings. The summed E-state index contributed by atoms with van der Waals surface area (Å²) in [7, 11) is 0. The third kappa shape index (κ3) is 2.52. The molecular formula is C14H13N3O4. The Kier molecular flexibility index (Phi) is 3.22. The van der Waals surface area contributed by atoms with Crippen molar-refractivity contribution in [3.8, 4) is 0 Å². The summed E-state index contributed by atoms with van der Waals surface area (Å²) in [5, 5.41) is 0.0935. The summed E-state index contributed by atoms with van der Waals surface area (Å²) < 4.78 is 4.88. The minimum absolute atomic E-state index is 0.0935. The van der Waals surface area contributed by atoms with Crippen molar-refractivity contribution in [3.05, 3.63) is 48.2 Å². The molecule has 0 unspecified atom stereocenters. The Morgan fingerprint density at radius 1 is 1.24 bits per heavy atom. The number of hydrogen-bond acceptors (Lipinski definition) is 4. The highest BCUT2D eigenvalue weighted by atomic mass is 16.4. The van der Waals surface area contributed by atoms with Gasteiger partial charge in [0.15, 0.2) is 0 Å². The van der Waals surface area contributed by atoms with E-state index in [1.807, 2.05) is 0 Å². The van der Waals surface area contributed by atoms with Crippen LogP contribution in [0.4, 0.5) is 5.69 Å². The maximum atomic E-state index is 12.0. The highest BCUT2D eigenvalue weighted by molar-refractivity contribution is 5.81. The highest BCUT2D eigenvalue weighted by Crippen LogP contribution is 2.34. The van der Waals surface area contributed by atoms with Crippen LogP contribution in [0.1, 0.15) is 31.2 Å². The van der Waals surface area contributed by atoms with Gasteiger partial charge in [-0.2, -0.15) is 0 Å². The molecule has 0 bridgehead atoms. The molecule has 7 nitrogen and oxygen atoms in total. The zero-order chi connectivity index (χ0) is 15.0. The van der Waals surface area contributed by atoms with Crippen LogP contribution in [0, 0.1) is 12.5 Å². The molecule has 0 aliphatic heterocycles. The van der Waals surface area contributed by atoms with Crippen LogP contribution in [0.15, 0.2) is 18.8 Å². The standard InChI is InChI=1S/C14H13N3O4/c1-15-10-8(4-2-3-7-5-6-7)9-11(18)16-14(20)17-12(9)21-13(10)19/h7H,2-6H2,(H2,16,17,18,20). The normalized spacial score (nSPS) is 14.2. The van der Waals surface area contributed by atoms with Gasteiger partial charge in [-0.25, -0.2) is 9.64 Å². The van der Waals surface area contributed by atoms with Crippen LogP contribution < -0.4 is 16.9 Å². The fourth-order valence-electron chi connectivity index (χ4n) is 2.53. The van der Waals surface area contributed by atoms with Gasteiger partial charge in [0.25, 0.3) is 11.2 Å². The van der Waals surface area contributed by atoms with Crippen LogP contribution in [0.25, 0.3) is 15.9 Å². The average molecular weight is 287 g/mol. The van der Waals surface area contributed by atoms with Crippen molar-refractivity contribution >= 4 is 16.8 Å². The maximum absolute atomic E-state index is 12.0. The lowest BCUT2D eigenvalue weighted by molar-refractivity contribution is 0.547. The summed E-state index contributed by atoms with van der Waals surface area (Å²) in [5.74, 6) is 0.728. The zero-order valence-corrected chi connectivity index (χ0v) is 11.2. The molecule has 1 aliphatic carbocycles. The quantitative estimate of drug-likeness (QED) is 0.831. The molecule has 2 aromatic heterocycles. The lowest BCUT2D eigenvalue weighted by Gasteiger charge is -2.06. The van der Waals surface area contributed by atoms with Gasteiger partial charge in [-0.3, -0.25) is 19.6 Å². The molecule has 0 saturated heterocycles. The van der Waals surface area contributed by atoms with Crippen molar-refractivity contribution in [3.63, 3.8) is 0 Å². The van der Waals surface area contributed by atoms with Gasteiger partial charge in [0.05, 0.1) is 12.0 Å². The predicted molar refractivity (Wildman–Crippen MR) is 75.6 cm³/mol. The fraction of sp³-hybridized carbons (Fsp3) is 0.429. The first-order valence-electron chi connectivity index (χ1n) is 6.80. The van der Waals surface area contributed by atoms with Crippen LogP contribution in [0.5, 0.6) is 0 Å². The minimum Gasteiger partial charge on any atom is -0.413 e. The van der Waals surface area contributed by atoms with Gasteiger partial charge in [0.2, 0.25) is 5.71 Å². The van der Waals surface area contributed by atoms with E-state index >= 15 is 0 Å². The van der Waals surface area contributed by atoms with E-state index in [1.54, 1.807) is 0 Å². The second-order valence-corrected chi connectivity index (χ2v) is 5.28. The SMILES string of the molecule is [C-]#[N+]c1c(CCCC2CC2)c2c(=O)[nH]c(=O)[nH]c2oc1=O. The van der Waals surface area contributed by atoms with E-state index < -0.39 is 16.9 Å². The summed E-state index contributed by atoms with van der Waals surface area (Å²) >= 11 is 0. The van der Waals surface area contributed by atoms with Gasteiger partial charge in [-0.05, 0) is 17.9 Å². The van der Waals surface area contributed by atoms with Gasteiger partial charge in [0.1, 0.15) is 0 Å². The summed E-state index contributed by atoms with van der Waals surface area (Å²) in [6.45, 7) is 7.13. The van der Waals surface area contributed by atoms with Crippen LogP contribution in [0.2, 0.25) is 0 Å². The molecule has 0 amide bonds. The Bertz CT molecular complexity index is 909. The molecule has 3 rings (SSSR count). The average Bonchev–Trinajstić information content (AvgIpc) is 3.21. The number of aryl methyl sites for hydroxylation is 1. The van der Waals surface area contributed by atoms with E-state index in [1.165, 1.54) is 12.8 Å². The van der Waals surface area contributed by atoms with Crippen LogP contribution in [-0.4, -0.2) is 9.97 Å². The van der Waals surface area contributed by atoms with E-state index in [-0.39, 0.29) is 16.8 Å². The van der Waals surface area contributed by atoms with Crippen molar-refractivity contribution in [2.75, 3.05) is 0 Å². The van der Waals surface area contributed by atoms with E-state index in [2.05, 4.69) is 14.8 Å². The van der Waals surface area contributed by atoms with E-state index in [4.69, 9.17) is 11.0 Å². The number of nitrogens with zero attached hydrogens (tertiary/aromatic N) is 1. The second-order valence-electron chi connectivity index (χ2n) is 5.28.